The van der Waals surface area contributed by atoms with E-state index in [-0.39, 0.29) is 11.8 Å². The topological polar surface area (TPSA) is 47.6 Å². The molecule has 1 aliphatic heterocycles. The highest BCUT2D eigenvalue weighted by Crippen LogP contribution is 2.38. The first kappa shape index (κ1) is 12.2. The Hall–Kier alpha value is -1.23. The molecule has 1 aromatic carbocycles. The molecule has 92 valence electrons. The largest absolute Gasteiger partial charge is 0.486 e. The Bertz CT molecular complexity index is 446. The molecule has 1 amide bonds. The van der Waals surface area contributed by atoms with Crippen LogP contribution in [0.1, 0.15) is 13.8 Å². The highest BCUT2D eigenvalue weighted by atomic mass is 79.9. The van der Waals surface area contributed by atoms with E-state index in [0.29, 0.717) is 30.4 Å². The van der Waals surface area contributed by atoms with Crippen molar-refractivity contribution in [2.45, 2.75) is 13.8 Å². The number of hydrogen-bond acceptors (Lipinski definition) is 3. The summed E-state index contributed by atoms with van der Waals surface area (Å²) in [5.41, 5.74) is 0.702. The van der Waals surface area contributed by atoms with Gasteiger partial charge in [0.15, 0.2) is 11.5 Å². The van der Waals surface area contributed by atoms with Crippen LogP contribution in [0.15, 0.2) is 16.6 Å². The molecular formula is C12H14BrNO3. The summed E-state index contributed by atoms with van der Waals surface area (Å²) in [5.74, 6) is 1.28. The number of benzene rings is 1. The van der Waals surface area contributed by atoms with Crippen molar-refractivity contribution in [3.63, 3.8) is 0 Å². The zero-order valence-electron chi connectivity index (χ0n) is 9.75. The maximum atomic E-state index is 11.6. The molecule has 0 aromatic heterocycles. The second kappa shape index (κ2) is 4.96. The molecule has 0 unspecified atom stereocenters. The summed E-state index contributed by atoms with van der Waals surface area (Å²) in [6.07, 6.45) is 0. The zero-order chi connectivity index (χ0) is 12.4. The molecule has 2 rings (SSSR count). The zero-order valence-corrected chi connectivity index (χ0v) is 11.3. The molecule has 1 aliphatic rings. The number of ether oxygens (including phenoxy) is 2. The van der Waals surface area contributed by atoms with Gasteiger partial charge < -0.3 is 14.8 Å². The van der Waals surface area contributed by atoms with Gasteiger partial charge in [0.1, 0.15) is 13.2 Å². The van der Waals surface area contributed by atoms with Crippen molar-refractivity contribution in [2.24, 2.45) is 5.92 Å². The molecule has 17 heavy (non-hydrogen) atoms. The van der Waals surface area contributed by atoms with Gasteiger partial charge in [0, 0.05) is 22.5 Å². The number of rotatable bonds is 2. The van der Waals surface area contributed by atoms with Gasteiger partial charge >= 0.3 is 0 Å². The highest BCUT2D eigenvalue weighted by molar-refractivity contribution is 9.10. The number of anilines is 1. The van der Waals surface area contributed by atoms with E-state index in [1.54, 1.807) is 6.07 Å². The molecule has 4 nitrogen and oxygen atoms in total. The summed E-state index contributed by atoms with van der Waals surface area (Å²) in [6, 6.07) is 3.59. The minimum atomic E-state index is -0.0601. The monoisotopic (exact) mass is 299 g/mol. The van der Waals surface area contributed by atoms with Gasteiger partial charge in [0.2, 0.25) is 5.91 Å². The van der Waals surface area contributed by atoms with Crippen LogP contribution in [-0.2, 0) is 4.79 Å². The van der Waals surface area contributed by atoms with Gasteiger partial charge in [-0.1, -0.05) is 13.8 Å². The van der Waals surface area contributed by atoms with E-state index >= 15 is 0 Å². The van der Waals surface area contributed by atoms with Crippen LogP contribution in [0.25, 0.3) is 0 Å². The number of carbonyl (C=O) groups is 1. The average Bonchev–Trinajstić information content (AvgIpc) is 2.29. The Morgan fingerprint density at radius 2 is 1.88 bits per heavy atom. The summed E-state index contributed by atoms with van der Waals surface area (Å²) >= 11 is 3.40. The third-order valence-electron chi connectivity index (χ3n) is 2.41. The molecule has 1 aromatic rings. The molecule has 0 fully saturated rings. The Balaban J connectivity index is 2.26. The lowest BCUT2D eigenvalue weighted by atomic mass is 10.2. The summed E-state index contributed by atoms with van der Waals surface area (Å²) in [7, 11) is 0. The fourth-order valence-electron chi connectivity index (χ4n) is 1.44. The van der Waals surface area contributed by atoms with Gasteiger partial charge in [0.25, 0.3) is 0 Å². The second-order valence-electron chi connectivity index (χ2n) is 4.12. The fourth-order valence-corrected chi connectivity index (χ4v) is 1.86. The molecule has 1 heterocycles. The minimum absolute atomic E-state index is 0.0256. The first-order valence-electron chi connectivity index (χ1n) is 5.48. The molecule has 0 atom stereocenters. The normalized spacial score (nSPS) is 13.6. The number of nitrogens with one attached hydrogen (secondary N) is 1. The van der Waals surface area contributed by atoms with Crippen LogP contribution < -0.4 is 14.8 Å². The van der Waals surface area contributed by atoms with Crippen molar-refractivity contribution in [1.82, 2.24) is 0 Å². The quantitative estimate of drug-likeness (QED) is 0.913. The third-order valence-corrected chi connectivity index (χ3v) is 3.07. The Labute approximate surface area is 108 Å². The van der Waals surface area contributed by atoms with Crippen LogP contribution in [0.3, 0.4) is 0 Å². The first-order chi connectivity index (χ1) is 8.08. The molecule has 0 saturated carbocycles. The number of fused-ring (bicyclic) bond motifs is 1. The first-order valence-corrected chi connectivity index (χ1v) is 6.27. The van der Waals surface area contributed by atoms with Crippen molar-refractivity contribution >= 4 is 27.5 Å². The maximum absolute atomic E-state index is 11.6. The summed E-state index contributed by atoms with van der Waals surface area (Å²) < 4.78 is 11.7. The lowest BCUT2D eigenvalue weighted by Crippen LogP contribution is -2.19. The third kappa shape index (κ3) is 2.72. The van der Waals surface area contributed by atoms with Crippen LogP contribution in [0.4, 0.5) is 5.69 Å². The van der Waals surface area contributed by atoms with Crippen molar-refractivity contribution in [3.05, 3.63) is 16.6 Å². The van der Waals surface area contributed by atoms with E-state index in [0.717, 1.165) is 4.47 Å². The summed E-state index contributed by atoms with van der Waals surface area (Å²) in [4.78, 5) is 11.6. The molecule has 0 spiro atoms. The van der Waals surface area contributed by atoms with Crippen molar-refractivity contribution in [2.75, 3.05) is 18.5 Å². The predicted molar refractivity (Wildman–Crippen MR) is 68.6 cm³/mol. The van der Waals surface area contributed by atoms with Crippen LogP contribution in [-0.4, -0.2) is 19.1 Å². The predicted octanol–water partition coefficient (Wildman–Crippen LogP) is 2.81. The summed E-state index contributed by atoms with van der Waals surface area (Å²) in [5, 5.41) is 2.84. The van der Waals surface area contributed by atoms with E-state index in [9.17, 15) is 4.79 Å². The second-order valence-corrected chi connectivity index (χ2v) is 4.97. The van der Waals surface area contributed by atoms with Crippen LogP contribution in [0, 0.1) is 5.92 Å². The lowest BCUT2D eigenvalue weighted by molar-refractivity contribution is -0.118. The highest BCUT2D eigenvalue weighted by Gasteiger charge is 2.16. The molecule has 0 bridgehead atoms. The lowest BCUT2D eigenvalue weighted by Gasteiger charge is -2.20. The van der Waals surface area contributed by atoms with Gasteiger partial charge in [-0.15, -0.1) is 0 Å². The molecular weight excluding hydrogens is 286 g/mol. The smallest absolute Gasteiger partial charge is 0.226 e. The van der Waals surface area contributed by atoms with E-state index in [1.165, 1.54) is 0 Å². The van der Waals surface area contributed by atoms with E-state index < -0.39 is 0 Å². The van der Waals surface area contributed by atoms with E-state index in [4.69, 9.17) is 9.47 Å². The minimum Gasteiger partial charge on any atom is -0.486 e. The average molecular weight is 300 g/mol. The van der Waals surface area contributed by atoms with Crippen LogP contribution in [0.5, 0.6) is 11.5 Å². The van der Waals surface area contributed by atoms with Crippen molar-refractivity contribution in [1.29, 1.82) is 0 Å². The molecule has 0 saturated heterocycles. The van der Waals surface area contributed by atoms with Gasteiger partial charge in [0.05, 0.1) is 5.69 Å². The Kier molecular flexibility index (Phi) is 3.57. The van der Waals surface area contributed by atoms with Gasteiger partial charge in [-0.05, 0) is 15.9 Å². The maximum Gasteiger partial charge on any atom is 0.226 e. The number of carbonyl (C=O) groups excluding carboxylic acids is 1. The summed E-state index contributed by atoms with van der Waals surface area (Å²) in [6.45, 7) is 4.78. The SMILES string of the molecule is CC(C)C(=O)Nc1cc2c(cc1Br)OCCO2. The van der Waals surface area contributed by atoms with E-state index in [2.05, 4.69) is 21.2 Å². The standard InChI is InChI=1S/C12H14BrNO3/c1-7(2)12(15)14-9-6-11-10(5-8(9)13)16-3-4-17-11/h5-7H,3-4H2,1-2H3,(H,14,15). The van der Waals surface area contributed by atoms with Gasteiger partial charge in [-0.2, -0.15) is 0 Å². The van der Waals surface area contributed by atoms with Crippen molar-refractivity contribution < 1.29 is 14.3 Å². The Morgan fingerprint density at radius 1 is 1.29 bits per heavy atom. The van der Waals surface area contributed by atoms with Gasteiger partial charge in [-0.25, -0.2) is 0 Å². The fraction of sp³-hybridized carbons (Fsp3) is 0.417. The molecule has 0 radical (unpaired) electrons. The van der Waals surface area contributed by atoms with E-state index in [1.807, 2.05) is 19.9 Å². The number of amides is 1. The Morgan fingerprint density at radius 3 is 2.47 bits per heavy atom. The molecule has 5 heteroatoms. The van der Waals surface area contributed by atoms with Gasteiger partial charge in [-0.3, -0.25) is 4.79 Å². The van der Waals surface area contributed by atoms with Crippen molar-refractivity contribution in [3.8, 4) is 11.5 Å². The molecule has 1 N–H and O–H groups in total. The van der Waals surface area contributed by atoms with Crippen LogP contribution in [0.2, 0.25) is 0 Å². The van der Waals surface area contributed by atoms with Crippen LogP contribution >= 0.6 is 15.9 Å². The molecule has 0 aliphatic carbocycles. The number of halogens is 1. The number of hydrogen-bond donors (Lipinski definition) is 1.